The summed E-state index contributed by atoms with van der Waals surface area (Å²) in [5.74, 6) is -1.59. The molecule has 0 bridgehead atoms. The van der Waals surface area contributed by atoms with Crippen LogP contribution in [0.15, 0.2) is 108 Å². The van der Waals surface area contributed by atoms with Crippen molar-refractivity contribution in [1.29, 1.82) is 0 Å². The van der Waals surface area contributed by atoms with E-state index in [4.69, 9.17) is 4.74 Å². The molecule has 46 heavy (non-hydrogen) atoms. The van der Waals surface area contributed by atoms with E-state index in [2.05, 4.69) is 5.32 Å². The Balaban J connectivity index is 1.79. The van der Waals surface area contributed by atoms with Gasteiger partial charge in [0, 0.05) is 19.5 Å². The highest BCUT2D eigenvalue weighted by Gasteiger charge is 2.34. The fourth-order valence-electron chi connectivity index (χ4n) is 4.77. The van der Waals surface area contributed by atoms with Crippen LogP contribution < -0.4 is 14.4 Å². The summed E-state index contributed by atoms with van der Waals surface area (Å²) >= 11 is 0. The predicted octanol–water partition coefficient (Wildman–Crippen LogP) is 5.58. The summed E-state index contributed by atoms with van der Waals surface area (Å²) in [6, 6.07) is 24.0. The van der Waals surface area contributed by atoms with Crippen molar-refractivity contribution in [3.63, 3.8) is 0 Å². The first-order chi connectivity index (χ1) is 22.0. The van der Waals surface area contributed by atoms with Crippen LogP contribution in [-0.4, -0.2) is 51.4 Å². The summed E-state index contributed by atoms with van der Waals surface area (Å²) in [5.41, 5.74) is 1.37. The first-order valence-corrected chi connectivity index (χ1v) is 16.2. The van der Waals surface area contributed by atoms with Gasteiger partial charge in [-0.1, -0.05) is 56.3 Å². The monoisotopic (exact) mass is 649 g/mol. The van der Waals surface area contributed by atoms with Gasteiger partial charge in [0.15, 0.2) is 0 Å². The van der Waals surface area contributed by atoms with Crippen LogP contribution in [0.3, 0.4) is 0 Å². The van der Waals surface area contributed by atoms with Gasteiger partial charge in [-0.25, -0.2) is 17.2 Å². The lowest BCUT2D eigenvalue weighted by Crippen LogP contribution is -2.53. The predicted molar refractivity (Wildman–Crippen MR) is 173 cm³/mol. The summed E-state index contributed by atoms with van der Waals surface area (Å²) in [5, 5.41) is 2.91. The molecule has 2 amide bonds. The van der Waals surface area contributed by atoms with Gasteiger partial charge in [0.2, 0.25) is 11.8 Å². The van der Waals surface area contributed by atoms with Crippen molar-refractivity contribution in [2.24, 2.45) is 5.92 Å². The highest BCUT2D eigenvalue weighted by molar-refractivity contribution is 7.92. The maximum atomic E-state index is 14.4. The molecule has 4 rings (SSSR count). The van der Waals surface area contributed by atoms with Gasteiger partial charge in [-0.05, 0) is 77.7 Å². The average molecular weight is 650 g/mol. The molecule has 0 radical (unpaired) electrons. The van der Waals surface area contributed by atoms with Gasteiger partial charge in [0.05, 0.1) is 17.7 Å². The van der Waals surface area contributed by atoms with E-state index in [1.165, 1.54) is 72.7 Å². The van der Waals surface area contributed by atoms with Crippen LogP contribution in [0.5, 0.6) is 5.75 Å². The highest BCUT2D eigenvalue weighted by atomic mass is 32.2. The third-order valence-electron chi connectivity index (χ3n) is 7.26. The number of halogens is 2. The number of carbonyl (C=O) groups is 2. The molecule has 0 saturated carbocycles. The van der Waals surface area contributed by atoms with Crippen LogP contribution in [-0.2, 0) is 32.6 Å². The van der Waals surface area contributed by atoms with Gasteiger partial charge in [0.25, 0.3) is 10.0 Å². The quantitative estimate of drug-likeness (QED) is 0.193. The van der Waals surface area contributed by atoms with E-state index in [0.29, 0.717) is 17.9 Å². The Hall–Kier alpha value is -4.77. The molecule has 0 spiro atoms. The molecule has 4 aromatic carbocycles. The largest absolute Gasteiger partial charge is 0.497 e. The Morgan fingerprint density at radius 1 is 0.804 bits per heavy atom. The molecular formula is C35H37F2N3O5S. The first kappa shape index (κ1) is 34.1. The molecule has 0 saturated heterocycles. The lowest BCUT2D eigenvalue weighted by atomic mass is 10.0. The molecule has 0 fully saturated rings. The van der Waals surface area contributed by atoms with Crippen LogP contribution in [0.25, 0.3) is 0 Å². The summed E-state index contributed by atoms with van der Waals surface area (Å²) in [6.07, 6.45) is 0.138. The van der Waals surface area contributed by atoms with Crippen molar-refractivity contribution < 1.29 is 31.5 Å². The number of hydrogen-bond donors (Lipinski definition) is 1. The molecule has 0 heterocycles. The normalized spacial score (nSPS) is 12.0. The minimum atomic E-state index is -4.37. The van der Waals surface area contributed by atoms with E-state index < -0.39 is 46.1 Å². The average Bonchev–Trinajstić information content (AvgIpc) is 3.05. The van der Waals surface area contributed by atoms with Crippen molar-refractivity contribution in [2.45, 2.75) is 37.8 Å². The number of benzene rings is 4. The Labute approximate surface area is 268 Å². The second-order valence-electron chi connectivity index (χ2n) is 11.2. The van der Waals surface area contributed by atoms with Crippen molar-refractivity contribution in [3.8, 4) is 5.75 Å². The van der Waals surface area contributed by atoms with E-state index in [-0.39, 0.29) is 29.5 Å². The number of methoxy groups -OCH3 is 1. The topological polar surface area (TPSA) is 96.0 Å². The summed E-state index contributed by atoms with van der Waals surface area (Å²) in [4.78, 5) is 29.3. The number of rotatable bonds is 14. The molecule has 0 aromatic heterocycles. The van der Waals surface area contributed by atoms with Gasteiger partial charge in [-0.3, -0.25) is 13.9 Å². The lowest BCUT2D eigenvalue weighted by molar-refractivity contribution is -0.140. The zero-order valence-corrected chi connectivity index (χ0v) is 26.7. The van der Waals surface area contributed by atoms with Gasteiger partial charge < -0.3 is 15.0 Å². The van der Waals surface area contributed by atoms with Crippen LogP contribution >= 0.6 is 0 Å². The van der Waals surface area contributed by atoms with Crippen molar-refractivity contribution in [1.82, 2.24) is 10.2 Å². The Morgan fingerprint density at radius 3 is 1.96 bits per heavy atom. The van der Waals surface area contributed by atoms with Gasteiger partial charge >= 0.3 is 0 Å². The smallest absolute Gasteiger partial charge is 0.264 e. The number of ether oxygens (including phenoxy) is 1. The van der Waals surface area contributed by atoms with Gasteiger partial charge in [-0.15, -0.1) is 0 Å². The lowest BCUT2D eigenvalue weighted by Gasteiger charge is -2.34. The molecule has 0 aliphatic carbocycles. The minimum absolute atomic E-state index is 0.0520. The summed E-state index contributed by atoms with van der Waals surface area (Å²) in [6.45, 7) is 3.43. The summed E-state index contributed by atoms with van der Waals surface area (Å²) in [7, 11) is -2.92. The van der Waals surface area contributed by atoms with Crippen molar-refractivity contribution in [3.05, 3.63) is 126 Å². The third kappa shape index (κ3) is 8.91. The van der Waals surface area contributed by atoms with Gasteiger partial charge in [-0.2, -0.15) is 0 Å². The van der Waals surface area contributed by atoms with E-state index >= 15 is 0 Å². The molecule has 1 N–H and O–H groups in total. The molecule has 0 aliphatic rings. The number of carbonyl (C=O) groups excluding carboxylic acids is 2. The maximum absolute atomic E-state index is 14.4. The Kier molecular flexibility index (Phi) is 11.5. The fraction of sp³-hybridized carbons (Fsp3) is 0.257. The second-order valence-corrected chi connectivity index (χ2v) is 13.0. The van der Waals surface area contributed by atoms with Crippen LogP contribution in [0.2, 0.25) is 0 Å². The number of amides is 2. The number of hydrogen-bond acceptors (Lipinski definition) is 5. The zero-order valence-electron chi connectivity index (χ0n) is 25.9. The first-order valence-electron chi connectivity index (χ1n) is 14.8. The standard InChI is InChI=1S/C35H37F2N3O5S/c1-25(2)22-38-35(42)33(21-26-7-5-4-6-8-26)39(23-27-9-11-28(36)12-10-27)34(41)24-40(30-15-13-29(37)14-16-30)46(43,44)32-19-17-31(45-3)18-20-32/h4-20,25,33H,21-24H2,1-3H3,(H,38,42). The number of nitrogens with one attached hydrogen (secondary N) is 1. The fourth-order valence-corrected chi connectivity index (χ4v) is 6.19. The van der Waals surface area contributed by atoms with Crippen LogP contribution in [0, 0.1) is 17.6 Å². The molecule has 1 unspecified atom stereocenters. The number of sulfonamides is 1. The maximum Gasteiger partial charge on any atom is 0.264 e. The highest BCUT2D eigenvalue weighted by Crippen LogP contribution is 2.26. The van der Waals surface area contributed by atoms with E-state index in [1.807, 2.05) is 44.2 Å². The van der Waals surface area contributed by atoms with Crippen molar-refractivity contribution in [2.75, 3.05) is 24.5 Å². The molecule has 1 atom stereocenters. The third-order valence-corrected chi connectivity index (χ3v) is 9.05. The zero-order chi connectivity index (χ0) is 33.3. The summed E-state index contributed by atoms with van der Waals surface area (Å²) < 4.78 is 61.9. The number of nitrogens with zero attached hydrogens (tertiary/aromatic N) is 2. The number of anilines is 1. The molecule has 242 valence electrons. The molecular weight excluding hydrogens is 612 g/mol. The second kappa shape index (κ2) is 15.5. The van der Waals surface area contributed by atoms with Crippen molar-refractivity contribution >= 4 is 27.5 Å². The van der Waals surface area contributed by atoms with E-state index in [0.717, 1.165) is 22.0 Å². The molecule has 11 heteroatoms. The van der Waals surface area contributed by atoms with E-state index in [1.54, 1.807) is 0 Å². The minimum Gasteiger partial charge on any atom is -0.497 e. The molecule has 4 aromatic rings. The van der Waals surface area contributed by atoms with Crippen LogP contribution in [0.1, 0.15) is 25.0 Å². The van der Waals surface area contributed by atoms with Gasteiger partial charge in [0.1, 0.15) is 30.0 Å². The molecule has 0 aliphatic heterocycles. The Morgan fingerprint density at radius 2 is 1.39 bits per heavy atom. The Bertz CT molecular complexity index is 1700. The molecule has 8 nitrogen and oxygen atoms in total. The van der Waals surface area contributed by atoms with Crippen LogP contribution in [0.4, 0.5) is 14.5 Å². The van der Waals surface area contributed by atoms with E-state index in [9.17, 15) is 26.8 Å². The SMILES string of the molecule is COc1ccc(S(=O)(=O)N(CC(=O)N(Cc2ccc(F)cc2)C(Cc2ccccc2)C(=O)NCC(C)C)c2ccc(F)cc2)cc1.